The molecule has 0 aliphatic rings. The van der Waals surface area contributed by atoms with Crippen LogP contribution in [-0.4, -0.2) is 17.0 Å². The van der Waals surface area contributed by atoms with Gasteiger partial charge in [0, 0.05) is 24.6 Å². The number of aryl methyl sites for hydroxylation is 1. The Morgan fingerprint density at radius 2 is 1.89 bits per heavy atom. The molecule has 3 heteroatoms. The Labute approximate surface area is 108 Å². The summed E-state index contributed by atoms with van der Waals surface area (Å²) in [6, 6.07) is 10.4. The Hall–Kier alpha value is -1.90. The average Bonchev–Trinajstić information content (AvgIpc) is 2.38. The lowest BCUT2D eigenvalue weighted by molar-refractivity contribution is 0.777. The van der Waals surface area contributed by atoms with E-state index in [4.69, 9.17) is 0 Å². The lowest BCUT2D eigenvalue weighted by Gasteiger charge is -2.10. The molecule has 0 radical (unpaired) electrons. The molecular weight excluding hydrogens is 222 g/mol. The molecule has 0 saturated carbocycles. The number of hydrogen-bond donors (Lipinski definition) is 1. The fourth-order valence-corrected chi connectivity index (χ4v) is 1.80. The van der Waals surface area contributed by atoms with E-state index in [1.165, 1.54) is 5.56 Å². The quantitative estimate of drug-likeness (QED) is 0.892. The summed E-state index contributed by atoms with van der Waals surface area (Å²) < 4.78 is 0. The van der Waals surface area contributed by atoms with Crippen LogP contribution in [0, 0.1) is 6.92 Å². The summed E-state index contributed by atoms with van der Waals surface area (Å²) >= 11 is 0. The molecule has 0 fully saturated rings. The third-order valence-electron chi connectivity index (χ3n) is 2.83. The summed E-state index contributed by atoms with van der Waals surface area (Å²) in [5.74, 6) is 2.06. The van der Waals surface area contributed by atoms with Crippen LogP contribution >= 0.6 is 0 Å². The van der Waals surface area contributed by atoms with Crippen molar-refractivity contribution in [2.24, 2.45) is 0 Å². The summed E-state index contributed by atoms with van der Waals surface area (Å²) in [7, 11) is 1.88. The van der Waals surface area contributed by atoms with E-state index in [2.05, 4.69) is 60.3 Å². The van der Waals surface area contributed by atoms with Gasteiger partial charge in [0.1, 0.15) is 11.6 Å². The van der Waals surface area contributed by atoms with Gasteiger partial charge in [0.25, 0.3) is 0 Å². The summed E-state index contributed by atoms with van der Waals surface area (Å²) in [4.78, 5) is 9.12. The number of rotatable bonds is 3. The first-order valence-electron chi connectivity index (χ1n) is 6.24. The Balaban J connectivity index is 2.53. The first kappa shape index (κ1) is 12.6. The maximum Gasteiger partial charge on any atom is 0.133 e. The lowest BCUT2D eigenvalue weighted by Crippen LogP contribution is -2.03. The molecule has 0 amide bonds. The average molecular weight is 241 g/mol. The van der Waals surface area contributed by atoms with Crippen molar-refractivity contribution in [2.75, 3.05) is 12.4 Å². The van der Waals surface area contributed by atoms with Crippen LogP contribution in [0.2, 0.25) is 0 Å². The van der Waals surface area contributed by atoms with Gasteiger partial charge in [0.05, 0.1) is 5.69 Å². The van der Waals surface area contributed by atoms with E-state index in [0.717, 1.165) is 22.9 Å². The fourth-order valence-electron chi connectivity index (χ4n) is 1.80. The van der Waals surface area contributed by atoms with Crippen molar-refractivity contribution < 1.29 is 0 Å². The predicted octanol–water partition coefficient (Wildman–Crippen LogP) is 3.62. The van der Waals surface area contributed by atoms with Crippen LogP contribution in [0.5, 0.6) is 0 Å². The minimum Gasteiger partial charge on any atom is -0.373 e. The van der Waals surface area contributed by atoms with E-state index in [1.807, 2.05) is 13.1 Å². The molecule has 18 heavy (non-hydrogen) atoms. The van der Waals surface area contributed by atoms with Gasteiger partial charge in [-0.15, -0.1) is 0 Å². The minimum atomic E-state index is 0.321. The molecule has 1 aromatic heterocycles. The molecule has 0 saturated heterocycles. The molecule has 0 bridgehead atoms. The van der Waals surface area contributed by atoms with Gasteiger partial charge >= 0.3 is 0 Å². The summed E-state index contributed by atoms with van der Waals surface area (Å²) in [5.41, 5.74) is 3.35. The van der Waals surface area contributed by atoms with Crippen molar-refractivity contribution in [3.63, 3.8) is 0 Å². The van der Waals surface area contributed by atoms with E-state index in [-0.39, 0.29) is 0 Å². The van der Waals surface area contributed by atoms with Gasteiger partial charge in [-0.1, -0.05) is 37.6 Å². The zero-order valence-electron chi connectivity index (χ0n) is 11.4. The van der Waals surface area contributed by atoms with Gasteiger partial charge < -0.3 is 5.32 Å². The highest BCUT2D eigenvalue weighted by Gasteiger charge is 2.08. The molecule has 1 N–H and O–H groups in total. The molecule has 1 heterocycles. The van der Waals surface area contributed by atoms with Crippen LogP contribution < -0.4 is 5.32 Å². The fraction of sp³-hybridized carbons (Fsp3) is 0.333. The minimum absolute atomic E-state index is 0.321. The Morgan fingerprint density at radius 1 is 1.11 bits per heavy atom. The van der Waals surface area contributed by atoms with Gasteiger partial charge in [0.15, 0.2) is 0 Å². The number of anilines is 1. The van der Waals surface area contributed by atoms with E-state index in [1.54, 1.807) is 0 Å². The van der Waals surface area contributed by atoms with Crippen LogP contribution in [0.1, 0.15) is 31.2 Å². The normalized spacial score (nSPS) is 10.7. The predicted molar refractivity (Wildman–Crippen MR) is 75.8 cm³/mol. The van der Waals surface area contributed by atoms with E-state index in [0.29, 0.717) is 5.92 Å². The third-order valence-corrected chi connectivity index (χ3v) is 2.83. The molecule has 2 rings (SSSR count). The molecule has 3 nitrogen and oxygen atoms in total. The van der Waals surface area contributed by atoms with Crippen molar-refractivity contribution in [2.45, 2.75) is 26.7 Å². The van der Waals surface area contributed by atoms with Crippen molar-refractivity contribution in [3.8, 4) is 11.3 Å². The van der Waals surface area contributed by atoms with Gasteiger partial charge in [-0.3, -0.25) is 0 Å². The van der Waals surface area contributed by atoms with Gasteiger partial charge in [-0.2, -0.15) is 0 Å². The number of nitrogens with zero attached hydrogens (tertiary/aromatic N) is 2. The van der Waals surface area contributed by atoms with Crippen LogP contribution in [0.25, 0.3) is 11.3 Å². The Bertz CT molecular complexity index is 547. The smallest absolute Gasteiger partial charge is 0.133 e. The zero-order chi connectivity index (χ0) is 13.1. The summed E-state index contributed by atoms with van der Waals surface area (Å²) in [6.45, 7) is 6.30. The van der Waals surface area contributed by atoms with Crippen molar-refractivity contribution in [3.05, 3.63) is 41.7 Å². The maximum atomic E-state index is 4.64. The maximum absolute atomic E-state index is 4.64. The topological polar surface area (TPSA) is 37.8 Å². The molecule has 2 aromatic rings. The van der Waals surface area contributed by atoms with Crippen LogP contribution in [-0.2, 0) is 0 Å². The van der Waals surface area contributed by atoms with E-state index < -0.39 is 0 Å². The molecule has 0 spiro atoms. The first-order valence-corrected chi connectivity index (χ1v) is 6.24. The third kappa shape index (κ3) is 2.67. The van der Waals surface area contributed by atoms with Crippen molar-refractivity contribution in [1.82, 2.24) is 9.97 Å². The van der Waals surface area contributed by atoms with E-state index >= 15 is 0 Å². The van der Waals surface area contributed by atoms with Gasteiger partial charge in [0.2, 0.25) is 0 Å². The Kier molecular flexibility index (Phi) is 3.60. The van der Waals surface area contributed by atoms with Crippen LogP contribution in [0.3, 0.4) is 0 Å². The Morgan fingerprint density at radius 3 is 2.50 bits per heavy atom. The van der Waals surface area contributed by atoms with Crippen molar-refractivity contribution in [1.29, 1.82) is 0 Å². The monoisotopic (exact) mass is 241 g/mol. The van der Waals surface area contributed by atoms with Crippen LogP contribution in [0.4, 0.5) is 5.82 Å². The number of nitrogens with one attached hydrogen (secondary N) is 1. The number of aromatic nitrogens is 2. The zero-order valence-corrected chi connectivity index (χ0v) is 11.4. The van der Waals surface area contributed by atoms with E-state index in [9.17, 15) is 0 Å². The molecule has 0 aliphatic carbocycles. The summed E-state index contributed by atoms with van der Waals surface area (Å²) in [5, 5.41) is 3.10. The highest BCUT2D eigenvalue weighted by Crippen LogP contribution is 2.23. The standard InChI is InChI=1S/C15H19N3/c1-10(2)15-17-13(9-14(16-4)18-15)12-7-5-6-11(3)8-12/h5-10H,1-4H3,(H,16,17,18). The second kappa shape index (κ2) is 5.17. The molecular formula is C15H19N3. The lowest BCUT2D eigenvalue weighted by atomic mass is 10.1. The van der Waals surface area contributed by atoms with Gasteiger partial charge in [-0.05, 0) is 13.0 Å². The second-order valence-corrected chi connectivity index (χ2v) is 4.77. The van der Waals surface area contributed by atoms with Gasteiger partial charge in [-0.25, -0.2) is 9.97 Å². The second-order valence-electron chi connectivity index (χ2n) is 4.77. The summed E-state index contributed by atoms with van der Waals surface area (Å²) in [6.07, 6.45) is 0. The molecule has 1 aromatic carbocycles. The largest absolute Gasteiger partial charge is 0.373 e. The number of hydrogen-bond acceptors (Lipinski definition) is 3. The number of benzene rings is 1. The SMILES string of the molecule is CNc1cc(-c2cccc(C)c2)nc(C(C)C)n1. The van der Waals surface area contributed by atoms with Crippen molar-refractivity contribution >= 4 is 5.82 Å². The first-order chi connectivity index (χ1) is 8.60. The molecule has 0 unspecified atom stereocenters. The molecule has 94 valence electrons. The highest BCUT2D eigenvalue weighted by atomic mass is 15.0. The molecule has 0 aliphatic heterocycles. The highest BCUT2D eigenvalue weighted by molar-refractivity contribution is 5.63. The molecule has 0 atom stereocenters. The van der Waals surface area contributed by atoms with Crippen LogP contribution in [0.15, 0.2) is 30.3 Å².